The van der Waals surface area contributed by atoms with E-state index in [9.17, 15) is 13.2 Å². The second-order valence-corrected chi connectivity index (χ2v) is 10.1. The number of carbonyl (C=O) groups excluding carboxylic acids is 1. The van der Waals surface area contributed by atoms with E-state index in [0.29, 0.717) is 16.4 Å². The number of carbonyl (C=O) groups is 1. The summed E-state index contributed by atoms with van der Waals surface area (Å²) in [6.45, 7) is 3.31. The molecule has 1 N–H and O–H groups in total. The molecule has 0 aliphatic heterocycles. The molecule has 1 amide bonds. The molecule has 0 aromatic heterocycles. The number of nitrogens with zero attached hydrogens (tertiary/aromatic N) is 1. The number of nitrogens with one attached hydrogen (secondary N) is 1. The van der Waals surface area contributed by atoms with Gasteiger partial charge in [0.05, 0.1) is 10.6 Å². The number of hydrogen-bond acceptors (Lipinski definition) is 3. The zero-order valence-electron chi connectivity index (χ0n) is 18.2. The van der Waals surface area contributed by atoms with Crippen molar-refractivity contribution in [3.05, 3.63) is 101 Å². The first-order chi connectivity index (χ1) is 15.7. The van der Waals surface area contributed by atoms with Crippen molar-refractivity contribution < 1.29 is 13.2 Å². The highest BCUT2D eigenvalue weighted by atomic mass is 35.5. The van der Waals surface area contributed by atoms with Crippen LogP contribution in [-0.2, 0) is 14.8 Å². The molecule has 4 aromatic carbocycles. The third-order valence-corrected chi connectivity index (χ3v) is 7.57. The van der Waals surface area contributed by atoms with Gasteiger partial charge in [0.15, 0.2) is 0 Å². The number of aryl methyl sites for hydroxylation is 2. The van der Waals surface area contributed by atoms with Crippen molar-refractivity contribution in [3.8, 4) is 0 Å². The Morgan fingerprint density at radius 1 is 0.879 bits per heavy atom. The third-order valence-electron chi connectivity index (χ3n) is 5.37. The molecule has 0 saturated heterocycles. The summed E-state index contributed by atoms with van der Waals surface area (Å²) < 4.78 is 28.1. The standard InChI is InChI=1S/C26H23ClN2O3S/c1-18-7-13-24(14-8-18)33(31,32)29(23-12-9-19(2)25(27)16-23)17-26(30)28-22-11-10-20-5-3-4-6-21(20)15-22/h3-16H,17H2,1-2H3,(H,28,30). The zero-order chi connectivity index (χ0) is 23.6. The molecule has 0 heterocycles. The third kappa shape index (κ3) is 5.02. The van der Waals surface area contributed by atoms with E-state index in [2.05, 4.69) is 5.32 Å². The molecule has 0 aliphatic carbocycles. The summed E-state index contributed by atoms with van der Waals surface area (Å²) in [5.41, 5.74) is 2.66. The molecule has 7 heteroatoms. The number of anilines is 2. The highest BCUT2D eigenvalue weighted by Gasteiger charge is 2.27. The molecule has 0 aliphatic rings. The Morgan fingerprint density at radius 3 is 2.27 bits per heavy atom. The van der Waals surface area contributed by atoms with E-state index in [1.165, 1.54) is 12.1 Å². The van der Waals surface area contributed by atoms with Gasteiger partial charge in [-0.3, -0.25) is 9.10 Å². The Morgan fingerprint density at radius 2 is 1.58 bits per heavy atom. The SMILES string of the molecule is Cc1ccc(S(=O)(=O)N(CC(=O)Nc2ccc3ccccc3c2)c2ccc(C)c(Cl)c2)cc1. The molecule has 4 rings (SSSR count). The lowest BCUT2D eigenvalue weighted by atomic mass is 10.1. The molecule has 0 spiro atoms. The molecule has 0 radical (unpaired) electrons. The Labute approximate surface area is 198 Å². The number of amides is 1. The van der Waals surface area contributed by atoms with Crippen LogP contribution in [0.3, 0.4) is 0 Å². The molecule has 0 bridgehead atoms. The van der Waals surface area contributed by atoms with Gasteiger partial charge in [-0.25, -0.2) is 8.42 Å². The van der Waals surface area contributed by atoms with Crippen LogP contribution >= 0.6 is 11.6 Å². The zero-order valence-corrected chi connectivity index (χ0v) is 19.8. The molecule has 4 aromatic rings. The van der Waals surface area contributed by atoms with Crippen molar-refractivity contribution in [2.45, 2.75) is 18.7 Å². The van der Waals surface area contributed by atoms with Crippen molar-refractivity contribution in [1.82, 2.24) is 0 Å². The number of fused-ring (bicyclic) bond motifs is 1. The van der Waals surface area contributed by atoms with Crippen LogP contribution in [0.5, 0.6) is 0 Å². The average Bonchev–Trinajstić information content (AvgIpc) is 2.79. The predicted molar refractivity (Wildman–Crippen MR) is 134 cm³/mol. The average molecular weight is 479 g/mol. The smallest absolute Gasteiger partial charge is 0.264 e. The minimum Gasteiger partial charge on any atom is -0.324 e. The fraction of sp³-hybridized carbons (Fsp3) is 0.115. The highest BCUT2D eigenvalue weighted by molar-refractivity contribution is 7.92. The molecule has 0 saturated carbocycles. The first kappa shape index (κ1) is 22.8. The summed E-state index contributed by atoms with van der Waals surface area (Å²) in [5.74, 6) is -0.460. The van der Waals surface area contributed by atoms with Crippen molar-refractivity contribution in [3.63, 3.8) is 0 Å². The number of halogens is 1. The lowest BCUT2D eigenvalue weighted by Crippen LogP contribution is -2.38. The van der Waals surface area contributed by atoms with Gasteiger partial charge in [-0.15, -0.1) is 0 Å². The molecule has 0 fully saturated rings. The largest absolute Gasteiger partial charge is 0.324 e. The van der Waals surface area contributed by atoms with Gasteiger partial charge in [-0.2, -0.15) is 0 Å². The van der Waals surface area contributed by atoms with Crippen molar-refractivity contribution >= 4 is 49.7 Å². The summed E-state index contributed by atoms with van der Waals surface area (Å²) in [4.78, 5) is 13.1. The number of benzene rings is 4. The Hall–Kier alpha value is -3.35. The summed E-state index contributed by atoms with van der Waals surface area (Å²) in [6.07, 6.45) is 0. The summed E-state index contributed by atoms with van der Waals surface area (Å²) in [6, 6.07) is 24.8. The number of sulfonamides is 1. The van der Waals surface area contributed by atoms with E-state index in [1.54, 1.807) is 36.4 Å². The van der Waals surface area contributed by atoms with Crippen molar-refractivity contribution in [2.75, 3.05) is 16.2 Å². The summed E-state index contributed by atoms with van der Waals surface area (Å²) in [7, 11) is -4.01. The van der Waals surface area contributed by atoms with E-state index in [0.717, 1.165) is 26.2 Å². The first-order valence-electron chi connectivity index (χ1n) is 10.4. The Balaban J connectivity index is 1.67. The molecular formula is C26H23ClN2O3S. The fourth-order valence-corrected chi connectivity index (χ4v) is 5.08. The first-order valence-corrected chi connectivity index (χ1v) is 12.2. The number of rotatable bonds is 6. The van der Waals surface area contributed by atoms with Crippen LogP contribution in [0.25, 0.3) is 10.8 Å². The Bertz CT molecular complexity index is 1430. The maximum Gasteiger partial charge on any atom is 0.264 e. The van der Waals surface area contributed by atoms with Gasteiger partial charge in [0.25, 0.3) is 10.0 Å². The van der Waals surface area contributed by atoms with Gasteiger partial charge in [0.1, 0.15) is 6.54 Å². The van der Waals surface area contributed by atoms with Gasteiger partial charge in [-0.1, -0.05) is 65.7 Å². The van der Waals surface area contributed by atoms with Crippen LogP contribution in [0.15, 0.2) is 89.8 Å². The Kier molecular flexibility index (Phi) is 6.40. The molecular weight excluding hydrogens is 456 g/mol. The van der Waals surface area contributed by atoms with Gasteiger partial charge in [0, 0.05) is 10.7 Å². The molecule has 33 heavy (non-hydrogen) atoms. The minimum absolute atomic E-state index is 0.100. The molecule has 0 atom stereocenters. The van der Waals surface area contributed by atoms with Gasteiger partial charge < -0.3 is 5.32 Å². The van der Waals surface area contributed by atoms with Gasteiger partial charge in [-0.05, 0) is 66.6 Å². The van der Waals surface area contributed by atoms with E-state index >= 15 is 0 Å². The molecule has 168 valence electrons. The second-order valence-electron chi connectivity index (χ2n) is 7.87. The van der Waals surface area contributed by atoms with Crippen LogP contribution in [0, 0.1) is 13.8 Å². The topological polar surface area (TPSA) is 66.5 Å². The highest BCUT2D eigenvalue weighted by Crippen LogP contribution is 2.28. The lowest BCUT2D eigenvalue weighted by Gasteiger charge is -2.24. The van der Waals surface area contributed by atoms with Crippen LogP contribution < -0.4 is 9.62 Å². The fourth-order valence-electron chi connectivity index (χ4n) is 3.49. The van der Waals surface area contributed by atoms with Gasteiger partial charge in [0.2, 0.25) is 5.91 Å². The summed E-state index contributed by atoms with van der Waals surface area (Å²) >= 11 is 6.27. The van der Waals surface area contributed by atoms with Crippen LogP contribution in [0.1, 0.15) is 11.1 Å². The second kappa shape index (κ2) is 9.25. The van der Waals surface area contributed by atoms with E-state index < -0.39 is 22.5 Å². The molecule has 0 unspecified atom stereocenters. The summed E-state index contributed by atoms with van der Waals surface area (Å²) in [5, 5.41) is 5.26. The predicted octanol–water partition coefficient (Wildman–Crippen LogP) is 5.94. The van der Waals surface area contributed by atoms with Crippen molar-refractivity contribution in [1.29, 1.82) is 0 Å². The normalized spacial score (nSPS) is 11.4. The maximum absolute atomic E-state index is 13.5. The number of hydrogen-bond donors (Lipinski definition) is 1. The maximum atomic E-state index is 13.5. The van der Waals surface area contributed by atoms with Crippen molar-refractivity contribution in [2.24, 2.45) is 0 Å². The minimum atomic E-state index is -4.01. The van der Waals surface area contributed by atoms with E-state index in [-0.39, 0.29) is 4.90 Å². The monoisotopic (exact) mass is 478 g/mol. The van der Waals surface area contributed by atoms with Crippen LogP contribution in [0.4, 0.5) is 11.4 Å². The van der Waals surface area contributed by atoms with E-state index in [4.69, 9.17) is 11.6 Å². The lowest BCUT2D eigenvalue weighted by molar-refractivity contribution is -0.114. The van der Waals surface area contributed by atoms with Crippen LogP contribution in [0.2, 0.25) is 5.02 Å². The quantitative estimate of drug-likeness (QED) is 0.372. The van der Waals surface area contributed by atoms with E-state index in [1.807, 2.05) is 50.2 Å². The molecule has 5 nitrogen and oxygen atoms in total. The van der Waals surface area contributed by atoms with Gasteiger partial charge >= 0.3 is 0 Å². The van der Waals surface area contributed by atoms with Crippen LogP contribution in [-0.4, -0.2) is 20.9 Å².